The van der Waals surface area contributed by atoms with Crippen molar-refractivity contribution in [1.29, 1.82) is 0 Å². The Bertz CT molecular complexity index is 3210. The number of nitrogens with one attached hydrogen (secondary N) is 3. The molecule has 0 fully saturated rings. The highest BCUT2D eigenvalue weighted by molar-refractivity contribution is 6.12. The number of nitrogens with zero attached hydrogens (tertiary/aromatic N) is 4. The number of carbonyl (C=O) groups excluding carboxylic acids is 4. The number of benzene rings is 4. The number of fused-ring (bicyclic) bond motifs is 5. The number of phenolic OH excluding ortho intramolecular Hbond substituents is 2. The van der Waals surface area contributed by atoms with Crippen LogP contribution in [0.2, 0.25) is 0 Å². The summed E-state index contributed by atoms with van der Waals surface area (Å²) in [5, 5.41) is 41.7. The van der Waals surface area contributed by atoms with E-state index in [1.807, 2.05) is 41.1 Å². The predicted octanol–water partition coefficient (Wildman–Crippen LogP) is 4.83. The van der Waals surface area contributed by atoms with Crippen molar-refractivity contribution >= 4 is 52.3 Å². The molecule has 0 atom stereocenters. The van der Waals surface area contributed by atoms with Gasteiger partial charge in [-0.3, -0.25) is 19.4 Å². The Labute approximate surface area is 389 Å². The maximum Gasteiger partial charge on any atom is 0.419 e. The van der Waals surface area contributed by atoms with Gasteiger partial charge in [0.1, 0.15) is 62.6 Å². The number of carbonyl (C=O) groups is 4. The molecule has 3 aliphatic heterocycles. The lowest BCUT2D eigenvalue weighted by Crippen LogP contribution is -2.31. The van der Waals surface area contributed by atoms with E-state index in [2.05, 4.69) is 25.0 Å². The lowest BCUT2D eigenvalue weighted by molar-refractivity contribution is 0.0986. The fourth-order valence-corrected chi connectivity index (χ4v) is 7.10. The fraction of sp³-hybridized carbons (Fsp3) is 0.149. The maximum atomic E-state index is 13.2. The van der Waals surface area contributed by atoms with E-state index in [0.29, 0.717) is 72.7 Å². The first kappa shape index (κ1) is 47.4. The minimum Gasteiger partial charge on any atom is -0.507 e. The summed E-state index contributed by atoms with van der Waals surface area (Å²) in [6, 6.07) is 24.0. The van der Waals surface area contributed by atoms with Gasteiger partial charge in [-0.1, -0.05) is 24.3 Å². The molecule has 0 spiro atoms. The van der Waals surface area contributed by atoms with Crippen LogP contribution in [0.5, 0.6) is 40.2 Å². The van der Waals surface area contributed by atoms with Crippen LogP contribution in [-0.4, -0.2) is 79.6 Å². The molecule has 0 radical (unpaired) electrons. The summed E-state index contributed by atoms with van der Waals surface area (Å²) in [5.74, 6) is 0.417. The van der Waals surface area contributed by atoms with Gasteiger partial charge in [-0.25, -0.2) is 24.4 Å². The summed E-state index contributed by atoms with van der Waals surface area (Å²) in [4.78, 5) is 82.4. The largest absolute Gasteiger partial charge is 0.507 e. The second-order valence-corrected chi connectivity index (χ2v) is 14.8. The number of nitrogens with two attached hydrogens (primary N) is 1. The summed E-state index contributed by atoms with van der Waals surface area (Å²) in [6.07, 6.45) is 3.10. The number of phenols is 4. The topological polar surface area (TPSA) is 322 Å². The van der Waals surface area contributed by atoms with Gasteiger partial charge < -0.3 is 65.2 Å². The van der Waals surface area contributed by atoms with Crippen molar-refractivity contribution in [2.75, 3.05) is 30.0 Å². The fourth-order valence-electron chi connectivity index (χ4n) is 7.10. The van der Waals surface area contributed by atoms with Crippen LogP contribution >= 0.6 is 0 Å². The number of aromatic hydroxyl groups is 4. The zero-order chi connectivity index (χ0) is 49.4. The van der Waals surface area contributed by atoms with E-state index in [1.54, 1.807) is 54.7 Å². The molecule has 0 aliphatic carbocycles. The molecule has 0 saturated heterocycles. The van der Waals surface area contributed by atoms with Crippen LogP contribution in [0, 0.1) is 0 Å². The Morgan fingerprint density at radius 2 is 1.39 bits per heavy atom. The van der Waals surface area contributed by atoms with Crippen LogP contribution in [-0.2, 0) is 19.5 Å². The molecule has 6 heterocycles. The molecule has 22 nitrogen and oxygen atoms in total. The average molecular weight is 943 g/mol. The number of anilines is 3. The Hall–Kier alpha value is -9.60. The molecule has 69 heavy (non-hydrogen) atoms. The Morgan fingerprint density at radius 1 is 0.768 bits per heavy atom. The number of rotatable bonds is 6. The Morgan fingerprint density at radius 3 is 2.07 bits per heavy atom. The third kappa shape index (κ3) is 10.6. The second kappa shape index (κ2) is 20.7. The number of ether oxygens (including phenoxy) is 3. The van der Waals surface area contributed by atoms with Gasteiger partial charge in [-0.2, -0.15) is 0 Å². The first-order chi connectivity index (χ1) is 33.1. The molecule has 0 bridgehead atoms. The lowest BCUT2D eigenvalue weighted by atomic mass is 10.1. The molecule has 354 valence electrons. The van der Waals surface area contributed by atoms with Crippen LogP contribution in [0.1, 0.15) is 44.3 Å². The normalized spacial score (nSPS) is 12.9. The van der Waals surface area contributed by atoms with Crippen LogP contribution in [0.3, 0.4) is 0 Å². The van der Waals surface area contributed by atoms with E-state index in [9.17, 15) is 39.0 Å². The standard InChI is InChI=1S/C24H23N5O4.C8H5NO4.C8H7NO3.C7H7NO3/c1-3-29-21-16(23(30)28(2)18-6-5-10-25-22(18)29)12-15(13-26-21)9-11-32-19-7-4-8-20-17(19)14-27-24(31)33-20;10-4-2-1-3-5-6(4)7(11)9-8(12)13-5;10-6-2-1-3-7-5(6)4-9-8(11)12-7;8-7(11)6-4(9)2-1-3-5(6)10/h4-8,10,12-13H,3,9,11,14H2,1-2H3,(H,27,31);1-3,10H,(H,9,11,12);1-3,10H,4H2,(H,9,11);1-3,9-10H,(H2,8,11). The molecule has 7 aromatic rings. The van der Waals surface area contributed by atoms with Crippen LogP contribution in [0.4, 0.5) is 26.9 Å². The van der Waals surface area contributed by atoms with E-state index in [4.69, 9.17) is 30.2 Å². The van der Waals surface area contributed by atoms with E-state index in [1.165, 1.54) is 36.4 Å². The quantitative estimate of drug-likeness (QED) is 0.111. The van der Waals surface area contributed by atoms with Crippen molar-refractivity contribution in [2.24, 2.45) is 5.73 Å². The molecular formula is C47H42N8O14. The zero-order valence-electron chi connectivity index (χ0n) is 36.6. The minimum atomic E-state index is -0.847. The summed E-state index contributed by atoms with van der Waals surface area (Å²) in [5.41, 5.74) is 7.63. The number of H-pyrrole nitrogens is 1. The van der Waals surface area contributed by atoms with E-state index in [-0.39, 0.29) is 45.4 Å². The first-order valence-electron chi connectivity index (χ1n) is 20.8. The van der Waals surface area contributed by atoms with Gasteiger partial charge in [-0.05, 0) is 79.2 Å². The number of hydrogen-bond acceptors (Lipinski definition) is 17. The molecule has 4 amide bonds. The lowest BCUT2D eigenvalue weighted by Gasteiger charge is -2.22. The summed E-state index contributed by atoms with van der Waals surface area (Å²) >= 11 is 0. The van der Waals surface area contributed by atoms with E-state index in [0.717, 1.165) is 16.8 Å². The Balaban J connectivity index is 0.000000159. The van der Waals surface area contributed by atoms with Gasteiger partial charge in [0.2, 0.25) is 0 Å². The maximum absolute atomic E-state index is 13.2. The van der Waals surface area contributed by atoms with Gasteiger partial charge in [0, 0.05) is 32.4 Å². The van der Waals surface area contributed by atoms with E-state index < -0.39 is 29.4 Å². The number of pyridine rings is 2. The molecule has 0 unspecified atom stereocenters. The monoisotopic (exact) mass is 942 g/mol. The molecule has 3 aromatic heterocycles. The van der Waals surface area contributed by atoms with Crippen molar-refractivity contribution < 1.29 is 58.2 Å². The van der Waals surface area contributed by atoms with Gasteiger partial charge in [0.25, 0.3) is 17.4 Å². The van der Waals surface area contributed by atoms with Gasteiger partial charge in [0.15, 0.2) is 5.82 Å². The number of amides is 4. The van der Waals surface area contributed by atoms with Gasteiger partial charge in [0.05, 0.1) is 42.1 Å². The van der Waals surface area contributed by atoms with Gasteiger partial charge >= 0.3 is 17.9 Å². The third-order valence-electron chi connectivity index (χ3n) is 10.4. The Kier molecular flexibility index (Phi) is 14.2. The summed E-state index contributed by atoms with van der Waals surface area (Å²) in [6.45, 7) is 3.70. The van der Waals surface area contributed by atoms with Crippen molar-refractivity contribution in [3.05, 3.63) is 152 Å². The summed E-state index contributed by atoms with van der Waals surface area (Å²) in [7, 11) is 1.75. The zero-order valence-corrected chi connectivity index (χ0v) is 36.6. The molecule has 10 rings (SSSR count). The highest BCUT2D eigenvalue weighted by atomic mass is 16.6. The van der Waals surface area contributed by atoms with Crippen molar-refractivity contribution in [2.45, 2.75) is 26.4 Å². The van der Waals surface area contributed by atoms with Crippen LogP contribution in [0.25, 0.3) is 11.0 Å². The van der Waals surface area contributed by atoms with Gasteiger partial charge in [-0.15, -0.1) is 0 Å². The van der Waals surface area contributed by atoms with Crippen LogP contribution in [0.15, 0.2) is 117 Å². The van der Waals surface area contributed by atoms with Crippen molar-refractivity contribution in [1.82, 2.24) is 25.6 Å². The highest BCUT2D eigenvalue weighted by Crippen LogP contribution is 2.38. The van der Waals surface area contributed by atoms with Crippen molar-refractivity contribution in [3.63, 3.8) is 0 Å². The second-order valence-electron chi connectivity index (χ2n) is 14.8. The number of primary amides is 1. The number of aromatic amines is 1. The van der Waals surface area contributed by atoms with Crippen molar-refractivity contribution in [3.8, 4) is 40.2 Å². The molecule has 0 saturated carbocycles. The minimum absolute atomic E-state index is 0.0119. The SMILES string of the molecule is CCN1c2ncc(CCOc3cccc4c3CNC(=O)O4)cc2C(=O)N(C)c2cccnc21.NC(=O)c1c(O)cccc1O.O=C1NCc2c(O)cccc2O1.O=c1[nH]c(=O)c2c(O)cccc2o1. The molecule has 9 N–H and O–H groups in total. The van der Waals surface area contributed by atoms with Crippen LogP contribution < -0.4 is 51.7 Å². The highest BCUT2D eigenvalue weighted by Gasteiger charge is 2.30. The number of aromatic nitrogens is 3. The molecule has 4 aromatic carbocycles. The number of hydrogen-bond donors (Lipinski definition) is 8. The molecular weight excluding hydrogens is 901 g/mol. The smallest absolute Gasteiger partial charge is 0.419 e. The average Bonchev–Trinajstić information content (AvgIpc) is 3.40. The van der Waals surface area contributed by atoms with E-state index >= 15 is 0 Å². The molecule has 22 heteroatoms. The molecule has 3 aliphatic rings. The summed E-state index contributed by atoms with van der Waals surface area (Å²) < 4.78 is 20.6. The first-order valence-corrected chi connectivity index (χ1v) is 20.8. The third-order valence-corrected chi connectivity index (χ3v) is 10.4. The predicted molar refractivity (Wildman–Crippen MR) is 246 cm³/mol.